The van der Waals surface area contributed by atoms with E-state index in [2.05, 4.69) is 22.5 Å². The smallest absolute Gasteiger partial charge is 0.191 e. The number of ether oxygens (including phenoxy) is 1. The molecule has 2 aliphatic rings. The van der Waals surface area contributed by atoms with Gasteiger partial charge in [0.25, 0.3) is 0 Å². The second-order valence-corrected chi connectivity index (χ2v) is 5.49. The summed E-state index contributed by atoms with van der Waals surface area (Å²) in [6.07, 6.45) is 6.42. The fourth-order valence-electron chi connectivity index (χ4n) is 2.27. The van der Waals surface area contributed by atoms with Crippen LogP contribution in [0.3, 0.4) is 0 Å². The van der Waals surface area contributed by atoms with E-state index in [4.69, 9.17) is 4.74 Å². The van der Waals surface area contributed by atoms with Crippen molar-refractivity contribution >= 4 is 5.96 Å². The molecule has 0 bridgehead atoms. The van der Waals surface area contributed by atoms with Gasteiger partial charge in [-0.1, -0.05) is 12.8 Å². The quantitative estimate of drug-likeness (QED) is 0.565. The van der Waals surface area contributed by atoms with Crippen molar-refractivity contribution in [2.24, 2.45) is 10.9 Å². The van der Waals surface area contributed by atoms with E-state index in [0.717, 1.165) is 38.0 Å². The van der Waals surface area contributed by atoms with Gasteiger partial charge in [-0.3, -0.25) is 4.99 Å². The maximum absolute atomic E-state index is 5.74. The molecule has 1 atom stereocenters. The molecule has 1 aliphatic heterocycles. The van der Waals surface area contributed by atoms with Crippen LogP contribution >= 0.6 is 0 Å². The van der Waals surface area contributed by atoms with Gasteiger partial charge in [0.1, 0.15) is 0 Å². The van der Waals surface area contributed by atoms with Gasteiger partial charge in [0.05, 0.1) is 5.60 Å². The Morgan fingerprint density at radius 3 is 2.82 bits per heavy atom. The van der Waals surface area contributed by atoms with E-state index in [-0.39, 0.29) is 5.60 Å². The molecular formula is C13H25N3O. The minimum Gasteiger partial charge on any atom is -0.373 e. The van der Waals surface area contributed by atoms with Crippen LogP contribution in [0.4, 0.5) is 0 Å². The van der Waals surface area contributed by atoms with Crippen LogP contribution in [-0.2, 0) is 4.74 Å². The topological polar surface area (TPSA) is 45.7 Å². The minimum absolute atomic E-state index is 0.00584. The number of hydrogen-bond acceptors (Lipinski definition) is 2. The first kappa shape index (κ1) is 12.7. The summed E-state index contributed by atoms with van der Waals surface area (Å²) < 4.78 is 5.74. The van der Waals surface area contributed by atoms with Gasteiger partial charge in [-0.2, -0.15) is 0 Å². The molecule has 2 fully saturated rings. The zero-order valence-electron chi connectivity index (χ0n) is 11.1. The van der Waals surface area contributed by atoms with Crippen LogP contribution in [0.5, 0.6) is 0 Å². The lowest BCUT2D eigenvalue weighted by atomic mass is 10.0. The van der Waals surface area contributed by atoms with Crippen LogP contribution in [-0.4, -0.2) is 38.3 Å². The van der Waals surface area contributed by atoms with E-state index < -0.39 is 0 Å². The van der Waals surface area contributed by atoms with Crippen LogP contribution in [0, 0.1) is 5.92 Å². The zero-order chi connectivity index (χ0) is 12.1. The Kier molecular flexibility index (Phi) is 4.26. The van der Waals surface area contributed by atoms with Gasteiger partial charge in [-0.05, 0) is 32.1 Å². The number of hydrogen-bond donors (Lipinski definition) is 2. The van der Waals surface area contributed by atoms with Crippen molar-refractivity contribution in [2.75, 3.05) is 26.7 Å². The van der Waals surface area contributed by atoms with Crippen LogP contribution in [0.15, 0.2) is 4.99 Å². The standard InChI is InChI=1S/C13H25N3O/c1-13(7-3-9-17-13)10-16-12(14-2)15-8-6-11-4-5-11/h11H,3-10H2,1-2H3,(H2,14,15,16). The molecule has 2 rings (SSSR count). The molecule has 98 valence electrons. The molecule has 17 heavy (non-hydrogen) atoms. The number of aliphatic imine (C=N–C) groups is 1. The number of guanidine groups is 1. The van der Waals surface area contributed by atoms with E-state index in [1.54, 1.807) is 0 Å². The predicted octanol–water partition coefficient (Wildman–Crippen LogP) is 1.52. The third-order valence-electron chi connectivity index (χ3n) is 3.70. The summed E-state index contributed by atoms with van der Waals surface area (Å²) in [5, 5.41) is 6.73. The summed E-state index contributed by atoms with van der Waals surface area (Å²) in [4.78, 5) is 4.24. The van der Waals surface area contributed by atoms with Gasteiger partial charge in [0, 0.05) is 26.7 Å². The van der Waals surface area contributed by atoms with Crippen molar-refractivity contribution < 1.29 is 4.74 Å². The SMILES string of the molecule is CN=C(NCCC1CC1)NCC1(C)CCCO1. The highest BCUT2D eigenvalue weighted by atomic mass is 16.5. The molecule has 0 aromatic heterocycles. The Labute approximate surface area is 104 Å². The van der Waals surface area contributed by atoms with Crippen LogP contribution in [0.25, 0.3) is 0 Å². The van der Waals surface area contributed by atoms with Gasteiger partial charge in [0.15, 0.2) is 5.96 Å². The van der Waals surface area contributed by atoms with E-state index in [9.17, 15) is 0 Å². The first-order valence-electron chi connectivity index (χ1n) is 6.80. The lowest BCUT2D eigenvalue weighted by Crippen LogP contribution is -2.45. The highest BCUT2D eigenvalue weighted by Gasteiger charge is 2.29. The summed E-state index contributed by atoms with van der Waals surface area (Å²) in [6, 6.07) is 0. The van der Waals surface area contributed by atoms with Gasteiger partial charge < -0.3 is 15.4 Å². The van der Waals surface area contributed by atoms with Gasteiger partial charge in [-0.15, -0.1) is 0 Å². The second kappa shape index (κ2) is 5.71. The van der Waals surface area contributed by atoms with Crippen LogP contribution in [0.2, 0.25) is 0 Å². The maximum atomic E-state index is 5.74. The largest absolute Gasteiger partial charge is 0.373 e. The Balaban J connectivity index is 1.64. The second-order valence-electron chi connectivity index (χ2n) is 5.49. The molecule has 1 heterocycles. The van der Waals surface area contributed by atoms with Crippen LogP contribution in [0.1, 0.15) is 39.0 Å². The number of rotatable bonds is 5. The molecule has 0 radical (unpaired) electrons. The fraction of sp³-hybridized carbons (Fsp3) is 0.923. The summed E-state index contributed by atoms with van der Waals surface area (Å²) in [7, 11) is 1.82. The summed E-state index contributed by atoms with van der Waals surface area (Å²) in [6.45, 7) is 4.94. The maximum Gasteiger partial charge on any atom is 0.191 e. The lowest BCUT2D eigenvalue weighted by Gasteiger charge is -2.24. The van der Waals surface area contributed by atoms with Crippen molar-refractivity contribution in [3.8, 4) is 0 Å². The van der Waals surface area contributed by atoms with Crippen molar-refractivity contribution in [1.29, 1.82) is 0 Å². The lowest BCUT2D eigenvalue weighted by molar-refractivity contribution is 0.0243. The first-order chi connectivity index (χ1) is 8.22. The number of nitrogens with one attached hydrogen (secondary N) is 2. The first-order valence-corrected chi connectivity index (χ1v) is 6.80. The van der Waals surface area contributed by atoms with Gasteiger partial charge >= 0.3 is 0 Å². The monoisotopic (exact) mass is 239 g/mol. The van der Waals surface area contributed by atoms with Crippen molar-refractivity contribution in [3.63, 3.8) is 0 Å². The van der Waals surface area contributed by atoms with E-state index in [0.29, 0.717) is 0 Å². The Morgan fingerprint density at radius 1 is 1.41 bits per heavy atom. The molecule has 4 nitrogen and oxygen atoms in total. The van der Waals surface area contributed by atoms with E-state index in [1.807, 2.05) is 7.05 Å². The normalized spacial score (nSPS) is 29.4. The molecule has 1 saturated carbocycles. The molecule has 1 aliphatic carbocycles. The molecule has 0 aromatic carbocycles. The average Bonchev–Trinajstić information content (AvgIpc) is 3.05. The van der Waals surface area contributed by atoms with E-state index >= 15 is 0 Å². The molecule has 0 aromatic rings. The van der Waals surface area contributed by atoms with Crippen molar-refractivity contribution in [1.82, 2.24) is 10.6 Å². The predicted molar refractivity (Wildman–Crippen MR) is 70.3 cm³/mol. The van der Waals surface area contributed by atoms with E-state index in [1.165, 1.54) is 25.7 Å². The highest BCUT2D eigenvalue weighted by Crippen LogP contribution is 2.31. The Hall–Kier alpha value is -0.770. The van der Waals surface area contributed by atoms with Crippen LogP contribution < -0.4 is 10.6 Å². The van der Waals surface area contributed by atoms with Gasteiger partial charge in [-0.25, -0.2) is 0 Å². The summed E-state index contributed by atoms with van der Waals surface area (Å²) in [5.41, 5.74) is -0.00584. The number of nitrogens with zero attached hydrogens (tertiary/aromatic N) is 1. The van der Waals surface area contributed by atoms with Gasteiger partial charge in [0.2, 0.25) is 0 Å². The summed E-state index contributed by atoms with van der Waals surface area (Å²) >= 11 is 0. The molecule has 0 amide bonds. The van der Waals surface area contributed by atoms with Crippen molar-refractivity contribution in [2.45, 2.75) is 44.6 Å². The molecule has 2 N–H and O–H groups in total. The fourth-order valence-corrected chi connectivity index (χ4v) is 2.27. The molecule has 4 heteroatoms. The average molecular weight is 239 g/mol. The Bertz CT molecular complexity index is 268. The molecule has 1 unspecified atom stereocenters. The summed E-state index contributed by atoms with van der Waals surface area (Å²) in [5.74, 6) is 1.87. The molecule has 0 spiro atoms. The Morgan fingerprint density at radius 2 is 2.24 bits per heavy atom. The molecule has 1 saturated heterocycles. The zero-order valence-corrected chi connectivity index (χ0v) is 11.1. The minimum atomic E-state index is -0.00584. The molecular weight excluding hydrogens is 214 g/mol. The van der Waals surface area contributed by atoms with Crippen molar-refractivity contribution in [3.05, 3.63) is 0 Å². The third-order valence-corrected chi connectivity index (χ3v) is 3.70. The third kappa shape index (κ3) is 4.19. The highest BCUT2D eigenvalue weighted by molar-refractivity contribution is 5.79.